The fraction of sp³-hybridized carbons (Fsp3) is 0.929. The largest absolute Gasteiger partial charge is 0.481 e. The van der Waals surface area contributed by atoms with Gasteiger partial charge < -0.3 is 10.0 Å². The summed E-state index contributed by atoms with van der Waals surface area (Å²) in [7, 11) is 0. The molecule has 4 heteroatoms. The van der Waals surface area contributed by atoms with E-state index in [4.69, 9.17) is 5.11 Å². The van der Waals surface area contributed by atoms with Crippen LogP contribution in [0, 0.1) is 5.41 Å². The Morgan fingerprint density at radius 2 is 1.78 bits per heavy atom. The number of thioether (sulfide) groups is 1. The lowest BCUT2D eigenvalue weighted by Crippen LogP contribution is -2.25. The topological polar surface area (TPSA) is 40.5 Å². The number of unbranched alkanes of at least 4 members (excludes halogenated alkanes) is 1. The molecule has 18 heavy (non-hydrogen) atoms. The predicted octanol–water partition coefficient (Wildman–Crippen LogP) is 3.34. The molecule has 0 rings (SSSR count). The van der Waals surface area contributed by atoms with Crippen molar-refractivity contribution in [3.05, 3.63) is 0 Å². The molecule has 3 nitrogen and oxygen atoms in total. The molecule has 0 heterocycles. The van der Waals surface area contributed by atoms with Crippen molar-refractivity contribution in [3.8, 4) is 0 Å². The zero-order valence-electron chi connectivity index (χ0n) is 12.4. The Bertz CT molecular complexity index is 228. The molecule has 0 aliphatic carbocycles. The SMILES string of the molecule is CCN(CC)CCSCCCCC(C)(C)C(=O)O. The first-order valence-corrected chi connectivity index (χ1v) is 8.13. The van der Waals surface area contributed by atoms with Crippen molar-refractivity contribution in [1.82, 2.24) is 4.90 Å². The third-order valence-corrected chi connectivity index (χ3v) is 4.41. The first kappa shape index (κ1) is 17.8. The molecule has 0 atom stereocenters. The maximum atomic E-state index is 10.9. The maximum Gasteiger partial charge on any atom is 0.309 e. The van der Waals surface area contributed by atoms with E-state index < -0.39 is 11.4 Å². The highest BCUT2D eigenvalue weighted by molar-refractivity contribution is 7.99. The summed E-state index contributed by atoms with van der Waals surface area (Å²) in [5, 5.41) is 8.99. The minimum absolute atomic E-state index is 0.564. The van der Waals surface area contributed by atoms with Gasteiger partial charge in [0.05, 0.1) is 5.41 Å². The second-order valence-electron chi connectivity index (χ2n) is 5.29. The standard InChI is InChI=1S/C14H29NO2S/c1-5-15(6-2)10-12-18-11-8-7-9-14(3,4)13(16)17/h5-12H2,1-4H3,(H,16,17). The molecule has 0 saturated heterocycles. The van der Waals surface area contributed by atoms with Gasteiger partial charge in [0, 0.05) is 12.3 Å². The molecule has 0 bridgehead atoms. The van der Waals surface area contributed by atoms with Crippen LogP contribution in [0.3, 0.4) is 0 Å². The van der Waals surface area contributed by atoms with Crippen LogP contribution >= 0.6 is 11.8 Å². The lowest BCUT2D eigenvalue weighted by molar-refractivity contribution is -0.147. The van der Waals surface area contributed by atoms with Crippen LogP contribution in [0.15, 0.2) is 0 Å². The molecule has 0 aliphatic heterocycles. The lowest BCUT2D eigenvalue weighted by atomic mass is 9.88. The molecule has 0 saturated carbocycles. The molecule has 0 fully saturated rings. The number of aliphatic carboxylic acids is 1. The Hall–Kier alpha value is -0.220. The van der Waals surface area contributed by atoms with E-state index in [1.807, 2.05) is 25.6 Å². The van der Waals surface area contributed by atoms with Crippen LogP contribution in [-0.4, -0.2) is 47.1 Å². The van der Waals surface area contributed by atoms with E-state index in [9.17, 15) is 4.79 Å². The molecular weight excluding hydrogens is 246 g/mol. The predicted molar refractivity (Wildman–Crippen MR) is 80.4 cm³/mol. The molecular formula is C14H29NO2S. The van der Waals surface area contributed by atoms with E-state index in [1.165, 1.54) is 5.75 Å². The molecule has 0 aromatic heterocycles. The number of carbonyl (C=O) groups is 1. The van der Waals surface area contributed by atoms with Crippen molar-refractivity contribution >= 4 is 17.7 Å². The minimum atomic E-state index is -0.684. The van der Waals surface area contributed by atoms with Gasteiger partial charge in [-0.1, -0.05) is 20.3 Å². The summed E-state index contributed by atoms with van der Waals surface area (Å²) >= 11 is 1.98. The maximum absolute atomic E-state index is 10.9. The number of rotatable bonds is 11. The van der Waals surface area contributed by atoms with Crippen LogP contribution in [0.25, 0.3) is 0 Å². The van der Waals surface area contributed by atoms with Crippen molar-refractivity contribution in [1.29, 1.82) is 0 Å². The van der Waals surface area contributed by atoms with E-state index in [0.29, 0.717) is 0 Å². The normalized spacial score (nSPS) is 12.1. The van der Waals surface area contributed by atoms with Crippen LogP contribution < -0.4 is 0 Å². The number of hydrogen-bond acceptors (Lipinski definition) is 3. The molecule has 0 aromatic rings. The molecule has 0 amide bonds. The Kier molecular flexibility index (Phi) is 9.56. The Balaban J connectivity index is 3.44. The summed E-state index contributed by atoms with van der Waals surface area (Å²) in [6.07, 6.45) is 2.91. The Morgan fingerprint density at radius 1 is 1.17 bits per heavy atom. The van der Waals surface area contributed by atoms with Gasteiger partial charge >= 0.3 is 5.97 Å². The van der Waals surface area contributed by atoms with E-state index >= 15 is 0 Å². The minimum Gasteiger partial charge on any atom is -0.481 e. The molecule has 1 N–H and O–H groups in total. The Morgan fingerprint density at radius 3 is 2.28 bits per heavy atom. The van der Waals surface area contributed by atoms with Gasteiger partial charge in [-0.2, -0.15) is 11.8 Å². The second-order valence-corrected chi connectivity index (χ2v) is 6.51. The van der Waals surface area contributed by atoms with Gasteiger partial charge in [0.25, 0.3) is 0 Å². The van der Waals surface area contributed by atoms with Crippen LogP contribution in [0.1, 0.15) is 47.0 Å². The summed E-state index contributed by atoms with van der Waals surface area (Å²) < 4.78 is 0. The van der Waals surface area contributed by atoms with Crippen molar-refractivity contribution < 1.29 is 9.90 Å². The molecule has 0 spiro atoms. The van der Waals surface area contributed by atoms with Crippen LogP contribution in [-0.2, 0) is 4.79 Å². The monoisotopic (exact) mass is 275 g/mol. The fourth-order valence-electron chi connectivity index (χ4n) is 1.71. The summed E-state index contributed by atoms with van der Waals surface area (Å²) in [6.45, 7) is 11.4. The highest BCUT2D eigenvalue weighted by Crippen LogP contribution is 2.23. The van der Waals surface area contributed by atoms with Gasteiger partial charge in [0.1, 0.15) is 0 Å². The van der Waals surface area contributed by atoms with Gasteiger partial charge in [-0.15, -0.1) is 0 Å². The van der Waals surface area contributed by atoms with Gasteiger partial charge in [-0.05, 0) is 45.5 Å². The second kappa shape index (κ2) is 9.68. The molecule has 108 valence electrons. The van der Waals surface area contributed by atoms with Gasteiger partial charge in [0.2, 0.25) is 0 Å². The molecule has 0 radical (unpaired) electrons. The van der Waals surface area contributed by atoms with Crippen LogP contribution in [0.5, 0.6) is 0 Å². The van der Waals surface area contributed by atoms with E-state index in [1.54, 1.807) is 0 Å². The van der Waals surface area contributed by atoms with Crippen molar-refractivity contribution in [2.45, 2.75) is 47.0 Å². The summed E-state index contributed by atoms with van der Waals surface area (Å²) in [6, 6.07) is 0. The zero-order valence-corrected chi connectivity index (χ0v) is 13.2. The fourth-order valence-corrected chi connectivity index (χ4v) is 2.71. The third-order valence-electron chi connectivity index (χ3n) is 3.37. The average molecular weight is 275 g/mol. The molecule has 0 aromatic carbocycles. The molecule has 0 unspecified atom stereocenters. The van der Waals surface area contributed by atoms with E-state index in [0.717, 1.165) is 44.6 Å². The number of carboxylic acid groups (broad SMARTS) is 1. The quantitative estimate of drug-likeness (QED) is 0.587. The van der Waals surface area contributed by atoms with Crippen LogP contribution in [0.2, 0.25) is 0 Å². The van der Waals surface area contributed by atoms with Crippen LogP contribution in [0.4, 0.5) is 0 Å². The first-order valence-electron chi connectivity index (χ1n) is 6.97. The smallest absolute Gasteiger partial charge is 0.309 e. The Labute approximate surface area is 116 Å². The van der Waals surface area contributed by atoms with E-state index in [-0.39, 0.29) is 0 Å². The first-order chi connectivity index (χ1) is 8.44. The van der Waals surface area contributed by atoms with Crippen molar-refractivity contribution in [2.24, 2.45) is 5.41 Å². The van der Waals surface area contributed by atoms with Gasteiger partial charge in [0.15, 0.2) is 0 Å². The number of carboxylic acids is 1. The zero-order chi connectivity index (χ0) is 14.0. The summed E-state index contributed by atoms with van der Waals surface area (Å²) in [5.74, 6) is 1.65. The number of hydrogen-bond donors (Lipinski definition) is 1. The van der Waals surface area contributed by atoms with Gasteiger partial charge in [-0.3, -0.25) is 4.79 Å². The van der Waals surface area contributed by atoms with Crippen molar-refractivity contribution in [3.63, 3.8) is 0 Å². The average Bonchev–Trinajstić information content (AvgIpc) is 2.32. The number of nitrogens with zero attached hydrogens (tertiary/aromatic N) is 1. The van der Waals surface area contributed by atoms with Gasteiger partial charge in [-0.25, -0.2) is 0 Å². The van der Waals surface area contributed by atoms with E-state index in [2.05, 4.69) is 18.7 Å². The lowest BCUT2D eigenvalue weighted by Gasteiger charge is -2.19. The highest BCUT2D eigenvalue weighted by Gasteiger charge is 2.25. The van der Waals surface area contributed by atoms with Crippen molar-refractivity contribution in [2.75, 3.05) is 31.1 Å². The summed E-state index contributed by atoms with van der Waals surface area (Å²) in [5.41, 5.74) is -0.564. The molecule has 0 aliphatic rings. The highest BCUT2D eigenvalue weighted by atomic mass is 32.2. The summed E-state index contributed by atoms with van der Waals surface area (Å²) in [4.78, 5) is 13.3. The third kappa shape index (κ3) is 7.98.